The number of benzene rings is 3. The van der Waals surface area contributed by atoms with Crippen LogP contribution >= 0.6 is 7.26 Å². The highest BCUT2D eigenvalue weighted by atomic mass is 31.2. The molecule has 0 fully saturated rings. The van der Waals surface area contributed by atoms with E-state index in [2.05, 4.69) is 43.0 Å². The van der Waals surface area contributed by atoms with E-state index >= 15 is 0 Å². The van der Waals surface area contributed by atoms with Crippen molar-refractivity contribution in [3.05, 3.63) is 103 Å². The Hall–Kier alpha value is -2.70. The minimum Gasteiger partial charge on any atom is -0.478 e. The van der Waals surface area contributed by atoms with Crippen LogP contribution in [0, 0.1) is 0 Å². The van der Waals surface area contributed by atoms with Gasteiger partial charge in [0.05, 0.1) is 5.57 Å². The molecule has 0 amide bonds. The molecular weight excluding hydrogens is 327 g/mol. The lowest BCUT2D eigenvalue weighted by molar-refractivity contribution is -0.132. The van der Waals surface area contributed by atoms with Gasteiger partial charge < -0.3 is 5.11 Å². The van der Waals surface area contributed by atoms with Gasteiger partial charge in [-0.25, -0.2) is 4.79 Å². The first kappa shape index (κ1) is 17.1. The first-order valence-electron chi connectivity index (χ1n) is 8.10. The highest BCUT2D eigenvalue weighted by molar-refractivity contribution is 7.95. The van der Waals surface area contributed by atoms with Crippen LogP contribution in [0.2, 0.25) is 0 Å². The summed E-state index contributed by atoms with van der Waals surface area (Å²) >= 11 is 0. The monoisotopic (exact) mass is 347 g/mol. The number of carbonyl (C=O) groups is 1. The third-order valence-corrected chi connectivity index (χ3v) is 8.72. The minimum absolute atomic E-state index is 0.241. The van der Waals surface area contributed by atoms with Crippen molar-refractivity contribution >= 4 is 29.1 Å². The van der Waals surface area contributed by atoms with E-state index in [1.165, 1.54) is 0 Å². The van der Waals surface area contributed by atoms with Crippen molar-refractivity contribution in [2.24, 2.45) is 0 Å². The van der Waals surface area contributed by atoms with Crippen LogP contribution in [-0.2, 0) is 4.79 Å². The lowest BCUT2D eigenvalue weighted by Gasteiger charge is -2.27. The Balaban J connectivity index is 2.31. The summed E-state index contributed by atoms with van der Waals surface area (Å²) in [6.45, 7) is 3.84. The van der Waals surface area contributed by atoms with E-state index in [0.717, 1.165) is 15.9 Å². The summed E-state index contributed by atoms with van der Waals surface area (Å²) in [7, 11) is -2.14. The Labute approximate surface area is 148 Å². The fourth-order valence-electron chi connectivity index (χ4n) is 3.12. The highest BCUT2D eigenvalue weighted by Gasteiger charge is 2.46. The van der Waals surface area contributed by atoms with Gasteiger partial charge in [-0.1, -0.05) is 61.2 Å². The summed E-state index contributed by atoms with van der Waals surface area (Å²) in [5.41, 5.74) is 0.241. The molecule has 1 N–H and O–H groups in total. The van der Waals surface area contributed by atoms with Gasteiger partial charge in [0.1, 0.15) is 29.3 Å². The zero-order chi connectivity index (χ0) is 17.7. The van der Waals surface area contributed by atoms with E-state index < -0.39 is 13.2 Å². The number of carboxylic acid groups (broad SMARTS) is 1. The molecular formula is C22H20O2P+. The largest absolute Gasteiger partial charge is 0.478 e. The quantitative estimate of drug-likeness (QED) is 0.546. The maximum absolute atomic E-state index is 11.6. The van der Waals surface area contributed by atoms with Gasteiger partial charge in [-0.05, 0) is 36.4 Å². The van der Waals surface area contributed by atoms with Gasteiger partial charge >= 0.3 is 5.97 Å². The minimum atomic E-state index is -2.14. The van der Waals surface area contributed by atoms with Crippen molar-refractivity contribution in [1.82, 2.24) is 0 Å². The van der Waals surface area contributed by atoms with E-state index in [1.807, 2.05) is 54.6 Å². The molecule has 0 saturated heterocycles. The molecule has 0 heterocycles. The molecule has 25 heavy (non-hydrogen) atoms. The van der Waals surface area contributed by atoms with Gasteiger partial charge in [-0.15, -0.1) is 0 Å². The lowest BCUT2D eigenvalue weighted by atomic mass is 10.3. The van der Waals surface area contributed by atoms with Gasteiger partial charge in [-0.2, -0.15) is 0 Å². The second-order valence-corrected chi connectivity index (χ2v) is 9.37. The molecule has 0 radical (unpaired) electrons. The van der Waals surface area contributed by atoms with E-state index in [4.69, 9.17) is 0 Å². The van der Waals surface area contributed by atoms with Crippen LogP contribution in [0.25, 0.3) is 0 Å². The molecule has 0 unspecified atom stereocenters. The normalized spacial score (nSPS) is 11.0. The molecule has 0 aliphatic rings. The Morgan fingerprint density at radius 3 is 1.32 bits per heavy atom. The van der Waals surface area contributed by atoms with Crippen LogP contribution in [0.3, 0.4) is 0 Å². The molecule has 124 valence electrons. The van der Waals surface area contributed by atoms with Gasteiger partial charge in [0.25, 0.3) is 0 Å². The standard InChI is InChI=1S/C22H19O2P/c1-18(22(23)24)17-25(19-11-5-2-6-12-19,20-13-7-3-8-14-20)21-15-9-4-10-16-21/h2-16H,1,17H2/p+1. The number of carboxylic acids is 1. The SMILES string of the molecule is C=C(C[P+](c1ccccc1)(c1ccccc1)c1ccccc1)C(=O)O. The maximum Gasteiger partial charge on any atom is 0.334 e. The van der Waals surface area contributed by atoms with Crippen LogP contribution in [0.15, 0.2) is 103 Å². The Morgan fingerprint density at radius 2 is 1.04 bits per heavy atom. The molecule has 0 aliphatic heterocycles. The van der Waals surface area contributed by atoms with Crippen LogP contribution < -0.4 is 15.9 Å². The molecule has 3 heteroatoms. The number of hydrogen-bond donors (Lipinski definition) is 1. The number of aliphatic carboxylic acids is 1. The average Bonchev–Trinajstić information content (AvgIpc) is 2.68. The Morgan fingerprint density at radius 1 is 0.720 bits per heavy atom. The van der Waals surface area contributed by atoms with Gasteiger partial charge in [-0.3, -0.25) is 0 Å². The summed E-state index contributed by atoms with van der Waals surface area (Å²) in [5, 5.41) is 13.0. The highest BCUT2D eigenvalue weighted by Crippen LogP contribution is 2.56. The second-order valence-electron chi connectivity index (χ2n) is 5.88. The molecule has 0 bridgehead atoms. The van der Waals surface area contributed by atoms with Crippen molar-refractivity contribution < 1.29 is 9.90 Å². The van der Waals surface area contributed by atoms with E-state index in [-0.39, 0.29) is 5.57 Å². The van der Waals surface area contributed by atoms with Crippen molar-refractivity contribution in [3.8, 4) is 0 Å². The van der Waals surface area contributed by atoms with Gasteiger partial charge in [0.2, 0.25) is 0 Å². The van der Waals surface area contributed by atoms with Crippen LogP contribution in [0.4, 0.5) is 0 Å². The first-order valence-corrected chi connectivity index (χ1v) is 10.1. The summed E-state index contributed by atoms with van der Waals surface area (Å²) < 4.78 is 0. The van der Waals surface area contributed by atoms with Crippen LogP contribution in [0.1, 0.15) is 0 Å². The summed E-state index contributed by atoms with van der Waals surface area (Å²) in [6, 6.07) is 30.6. The zero-order valence-electron chi connectivity index (χ0n) is 13.9. The zero-order valence-corrected chi connectivity index (χ0v) is 14.8. The van der Waals surface area contributed by atoms with E-state index in [9.17, 15) is 9.90 Å². The molecule has 0 aromatic heterocycles. The molecule has 2 nitrogen and oxygen atoms in total. The summed E-state index contributed by atoms with van der Waals surface area (Å²) in [6.07, 6.45) is 0.417. The Kier molecular flexibility index (Phi) is 5.11. The van der Waals surface area contributed by atoms with Gasteiger partial charge in [0, 0.05) is 0 Å². The molecule has 3 aromatic carbocycles. The third-order valence-electron chi connectivity index (χ3n) is 4.32. The molecule has 3 rings (SSSR count). The van der Waals surface area contributed by atoms with Crippen molar-refractivity contribution in [2.45, 2.75) is 0 Å². The first-order chi connectivity index (χ1) is 12.1. The smallest absolute Gasteiger partial charge is 0.334 e. The molecule has 0 spiro atoms. The summed E-state index contributed by atoms with van der Waals surface area (Å²) in [5.74, 6) is -0.938. The summed E-state index contributed by atoms with van der Waals surface area (Å²) in [4.78, 5) is 11.6. The molecule has 0 saturated carbocycles. The third kappa shape index (κ3) is 3.40. The maximum atomic E-state index is 11.6. The van der Waals surface area contributed by atoms with Crippen LogP contribution in [-0.4, -0.2) is 17.2 Å². The molecule has 0 atom stereocenters. The number of hydrogen-bond acceptors (Lipinski definition) is 1. The Bertz CT molecular complexity index is 762. The predicted molar refractivity (Wildman–Crippen MR) is 107 cm³/mol. The van der Waals surface area contributed by atoms with Crippen molar-refractivity contribution in [3.63, 3.8) is 0 Å². The van der Waals surface area contributed by atoms with Crippen LogP contribution in [0.5, 0.6) is 0 Å². The molecule has 3 aromatic rings. The van der Waals surface area contributed by atoms with E-state index in [0.29, 0.717) is 6.16 Å². The fourth-order valence-corrected chi connectivity index (χ4v) is 7.32. The van der Waals surface area contributed by atoms with Crippen molar-refractivity contribution in [1.29, 1.82) is 0 Å². The topological polar surface area (TPSA) is 37.3 Å². The lowest BCUT2D eigenvalue weighted by Crippen LogP contribution is -2.34. The predicted octanol–water partition coefficient (Wildman–Crippen LogP) is 3.62. The van der Waals surface area contributed by atoms with Crippen molar-refractivity contribution in [2.75, 3.05) is 6.16 Å². The molecule has 0 aliphatic carbocycles. The second kappa shape index (κ2) is 7.46. The fraction of sp³-hybridized carbons (Fsp3) is 0.0455. The van der Waals surface area contributed by atoms with E-state index in [1.54, 1.807) is 0 Å². The van der Waals surface area contributed by atoms with Gasteiger partial charge in [0.15, 0.2) is 0 Å². The average molecular weight is 347 g/mol. The number of rotatable bonds is 6.